The Morgan fingerprint density at radius 2 is 2.19 bits per heavy atom. The van der Waals surface area contributed by atoms with Gasteiger partial charge in [-0.3, -0.25) is 0 Å². The van der Waals surface area contributed by atoms with Crippen molar-refractivity contribution in [2.24, 2.45) is 11.3 Å². The van der Waals surface area contributed by atoms with Gasteiger partial charge >= 0.3 is 0 Å². The van der Waals surface area contributed by atoms with Crippen LogP contribution in [0.15, 0.2) is 18.2 Å². The lowest BCUT2D eigenvalue weighted by molar-refractivity contribution is 0.194. The maximum absolute atomic E-state index is 14.7. The smallest absolute Gasteiger partial charge is 0.169 e. The van der Waals surface area contributed by atoms with Crippen LogP contribution in [0.3, 0.4) is 0 Å². The van der Waals surface area contributed by atoms with Crippen LogP contribution in [-0.4, -0.2) is 13.7 Å². The summed E-state index contributed by atoms with van der Waals surface area (Å²) in [6.45, 7) is 7.67. The Hall–Kier alpha value is -1.09. The Balaban J connectivity index is 2.36. The molecule has 0 saturated heterocycles. The monoisotopic (exact) mass is 293 g/mol. The average Bonchev–Trinajstić information content (AvgIpc) is 2.80. The number of benzene rings is 1. The van der Waals surface area contributed by atoms with E-state index < -0.39 is 0 Å². The molecule has 21 heavy (non-hydrogen) atoms. The largest absolute Gasteiger partial charge is 0.494 e. The molecule has 0 bridgehead atoms. The van der Waals surface area contributed by atoms with Gasteiger partial charge in [0.25, 0.3) is 0 Å². The molecule has 1 fully saturated rings. The van der Waals surface area contributed by atoms with E-state index in [0.717, 1.165) is 24.9 Å². The van der Waals surface area contributed by atoms with Gasteiger partial charge in [-0.25, -0.2) is 4.39 Å². The van der Waals surface area contributed by atoms with Gasteiger partial charge in [0.05, 0.1) is 7.11 Å². The summed E-state index contributed by atoms with van der Waals surface area (Å²) in [5.41, 5.74) is 1.00. The summed E-state index contributed by atoms with van der Waals surface area (Å²) in [6.07, 6.45) is 4.65. The summed E-state index contributed by atoms with van der Waals surface area (Å²) in [5.74, 6) is 0.591. The highest BCUT2D eigenvalue weighted by Gasteiger charge is 2.40. The Labute approximate surface area is 128 Å². The van der Waals surface area contributed by atoms with Crippen molar-refractivity contribution in [2.45, 2.75) is 52.5 Å². The van der Waals surface area contributed by atoms with E-state index in [2.05, 4.69) is 26.1 Å². The third kappa shape index (κ3) is 3.39. The van der Waals surface area contributed by atoms with Gasteiger partial charge in [0.15, 0.2) is 11.6 Å². The Bertz CT molecular complexity index is 472. The van der Waals surface area contributed by atoms with Crippen molar-refractivity contribution in [2.75, 3.05) is 13.7 Å². The second-order valence-corrected chi connectivity index (χ2v) is 6.78. The number of rotatable bonds is 6. The van der Waals surface area contributed by atoms with E-state index in [-0.39, 0.29) is 17.3 Å². The summed E-state index contributed by atoms with van der Waals surface area (Å²) < 4.78 is 19.8. The van der Waals surface area contributed by atoms with Crippen molar-refractivity contribution in [3.8, 4) is 5.75 Å². The molecule has 1 aliphatic rings. The normalized spacial score (nSPS) is 22.2. The molecule has 0 heterocycles. The van der Waals surface area contributed by atoms with E-state index >= 15 is 0 Å². The van der Waals surface area contributed by atoms with Crippen molar-refractivity contribution in [1.82, 2.24) is 5.32 Å². The van der Waals surface area contributed by atoms with Crippen molar-refractivity contribution in [1.29, 1.82) is 0 Å². The van der Waals surface area contributed by atoms with Crippen LogP contribution in [0.5, 0.6) is 5.75 Å². The van der Waals surface area contributed by atoms with E-state index in [0.29, 0.717) is 11.7 Å². The number of hydrogen-bond acceptors (Lipinski definition) is 2. The first-order valence-electron chi connectivity index (χ1n) is 8.07. The third-order valence-corrected chi connectivity index (χ3v) is 4.90. The van der Waals surface area contributed by atoms with E-state index in [1.54, 1.807) is 6.07 Å². The van der Waals surface area contributed by atoms with Crippen LogP contribution < -0.4 is 10.1 Å². The first-order valence-corrected chi connectivity index (χ1v) is 8.07. The molecule has 0 spiro atoms. The fourth-order valence-electron chi connectivity index (χ4n) is 3.67. The minimum atomic E-state index is -0.212. The molecule has 0 aliphatic heterocycles. The zero-order valence-corrected chi connectivity index (χ0v) is 13.7. The zero-order valence-electron chi connectivity index (χ0n) is 13.7. The van der Waals surface area contributed by atoms with Crippen molar-refractivity contribution < 1.29 is 9.13 Å². The molecule has 2 rings (SSSR count). The van der Waals surface area contributed by atoms with Gasteiger partial charge in [0, 0.05) is 11.6 Å². The minimum Gasteiger partial charge on any atom is -0.494 e. The number of hydrogen-bond donors (Lipinski definition) is 1. The highest BCUT2D eigenvalue weighted by Crippen LogP contribution is 2.49. The van der Waals surface area contributed by atoms with Crippen LogP contribution in [-0.2, 0) is 0 Å². The van der Waals surface area contributed by atoms with Gasteiger partial charge in [-0.15, -0.1) is 0 Å². The van der Waals surface area contributed by atoms with Crippen molar-refractivity contribution >= 4 is 0 Å². The molecule has 0 aromatic heterocycles. The van der Waals surface area contributed by atoms with Gasteiger partial charge in [-0.2, -0.15) is 0 Å². The Morgan fingerprint density at radius 3 is 2.76 bits per heavy atom. The topological polar surface area (TPSA) is 21.3 Å². The maximum atomic E-state index is 14.7. The molecule has 1 saturated carbocycles. The average molecular weight is 293 g/mol. The molecule has 3 heteroatoms. The maximum Gasteiger partial charge on any atom is 0.169 e. The van der Waals surface area contributed by atoms with Crippen molar-refractivity contribution in [3.05, 3.63) is 29.6 Å². The van der Waals surface area contributed by atoms with Gasteiger partial charge in [0.2, 0.25) is 0 Å². The summed E-state index contributed by atoms with van der Waals surface area (Å²) >= 11 is 0. The summed E-state index contributed by atoms with van der Waals surface area (Å²) in [5, 5.41) is 3.58. The zero-order chi connectivity index (χ0) is 15.5. The van der Waals surface area contributed by atoms with E-state index in [9.17, 15) is 4.39 Å². The predicted molar refractivity (Wildman–Crippen MR) is 85.1 cm³/mol. The highest BCUT2D eigenvalue weighted by atomic mass is 19.1. The number of methoxy groups -OCH3 is 1. The van der Waals surface area contributed by atoms with Crippen LogP contribution in [0.2, 0.25) is 0 Å². The van der Waals surface area contributed by atoms with E-state index in [4.69, 9.17) is 4.74 Å². The summed E-state index contributed by atoms with van der Waals surface area (Å²) in [6, 6.07) is 5.55. The number of halogens is 1. The third-order valence-electron chi connectivity index (χ3n) is 4.90. The second kappa shape index (κ2) is 6.78. The fourth-order valence-corrected chi connectivity index (χ4v) is 3.67. The minimum absolute atomic E-state index is 0.0672. The lowest BCUT2D eigenvalue weighted by atomic mass is 9.75. The molecular formula is C18H28FNO. The van der Waals surface area contributed by atoms with Gasteiger partial charge < -0.3 is 10.1 Å². The Kier molecular flexibility index (Phi) is 5.26. The van der Waals surface area contributed by atoms with Crippen LogP contribution in [0.25, 0.3) is 0 Å². The molecule has 1 aromatic rings. The molecule has 118 valence electrons. The van der Waals surface area contributed by atoms with E-state index in [1.807, 2.05) is 12.1 Å². The number of nitrogens with one attached hydrogen (secondary N) is 1. The van der Waals surface area contributed by atoms with Gasteiger partial charge in [0.1, 0.15) is 0 Å². The quantitative estimate of drug-likeness (QED) is 0.820. The van der Waals surface area contributed by atoms with E-state index in [1.165, 1.54) is 20.0 Å². The molecule has 1 aromatic carbocycles. The second-order valence-electron chi connectivity index (χ2n) is 6.78. The first-order chi connectivity index (χ1) is 10.0. The first kappa shape index (κ1) is 16.3. The molecule has 1 aliphatic carbocycles. The molecule has 0 radical (unpaired) electrons. The standard InChI is InChI=1S/C18H28FNO/c1-5-12-20-17(14-9-7-11-18(14,2)3)13-8-6-10-15(21-4)16(13)19/h6,8,10,14,17,20H,5,7,9,11-12H2,1-4H3. The Morgan fingerprint density at radius 1 is 1.43 bits per heavy atom. The molecular weight excluding hydrogens is 265 g/mol. The summed E-state index contributed by atoms with van der Waals surface area (Å²) in [7, 11) is 1.52. The molecule has 2 nitrogen and oxygen atoms in total. The van der Waals surface area contributed by atoms with Crippen molar-refractivity contribution in [3.63, 3.8) is 0 Å². The van der Waals surface area contributed by atoms with Crippen LogP contribution in [0.4, 0.5) is 4.39 Å². The molecule has 1 N–H and O–H groups in total. The molecule has 0 amide bonds. The molecule has 2 atom stereocenters. The van der Waals surface area contributed by atoms with Gasteiger partial charge in [-0.05, 0) is 43.2 Å². The van der Waals surface area contributed by atoms with Crippen LogP contribution >= 0.6 is 0 Å². The highest BCUT2D eigenvalue weighted by molar-refractivity contribution is 5.33. The van der Waals surface area contributed by atoms with Gasteiger partial charge in [-0.1, -0.05) is 39.3 Å². The SMILES string of the molecule is CCCNC(c1cccc(OC)c1F)C1CCCC1(C)C. The van der Waals surface area contributed by atoms with Crippen LogP contribution in [0, 0.1) is 17.2 Å². The summed E-state index contributed by atoms with van der Waals surface area (Å²) in [4.78, 5) is 0. The fraction of sp³-hybridized carbons (Fsp3) is 0.667. The van der Waals surface area contributed by atoms with Crippen LogP contribution in [0.1, 0.15) is 58.1 Å². The lowest BCUT2D eigenvalue weighted by Crippen LogP contribution is -2.35. The predicted octanol–water partition coefficient (Wildman–Crippen LogP) is 4.70. The number of ether oxygens (including phenoxy) is 1. The lowest BCUT2D eigenvalue weighted by Gasteiger charge is -2.35. The molecule has 2 unspecified atom stereocenters.